The largest absolute Gasteiger partial charge is 0.463 e. The molecule has 116 valence electrons. The number of aliphatic hydroxyl groups is 1. The molecule has 23 heavy (non-hydrogen) atoms. The van der Waals surface area contributed by atoms with Gasteiger partial charge in [-0.25, -0.2) is 9.67 Å². The Morgan fingerprint density at radius 1 is 1.22 bits per heavy atom. The van der Waals surface area contributed by atoms with Crippen molar-refractivity contribution in [3.05, 3.63) is 42.7 Å². The first kappa shape index (κ1) is 14.0. The lowest BCUT2D eigenvalue weighted by Crippen LogP contribution is -2.07. The highest BCUT2D eigenvalue weighted by atomic mass is 32.1. The van der Waals surface area contributed by atoms with E-state index in [9.17, 15) is 5.11 Å². The predicted octanol–water partition coefficient (Wildman–Crippen LogP) is 2.99. The average molecular weight is 326 g/mol. The van der Waals surface area contributed by atoms with Crippen molar-refractivity contribution in [2.45, 2.75) is 6.54 Å². The molecule has 0 saturated heterocycles. The van der Waals surface area contributed by atoms with E-state index in [-0.39, 0.29) is 6.61 Å². The maximum absolute atomic E-state index is 9.21. The Hall–Kier alpha value is -2.64. The number of para-hydroxylation sites is 1. The van der Waals surface area contributed by atoms with Crippen molar-refractivity contribution < 1.29 is 9.52 Å². The molecule has 0 spiro atoms. The van der Waals surface area contributed by atoms with Crippen LogP contribution >= 0.6 is 11.3 Å². The number of anilines is 1. The van der Waals surface area contributed by atoms with Gasteiger partial charge in [0.25, 0.3) is 0 Å². The Morgan fingerprint density at radius 3 is 2.83 bits per heavy atom. The molecule has 3 N–H and O–H groups in total. The number of nitrogen functional groups attached to an aromatic ring is 1. The number of fused-ring (bicyclic) bond motifs is 1. The van der Waals surface area contributed by atoms with Gasteiger partial charge < -0.3 is 15.3 Å². The van der Waals surface area contributed by atoms with Gasteiger partial charge in [0.05, 0.1) is 35.2 Å². The van der Waals surface area contributed by atoms with Crippen molar-refractivity contribution in [2.24, 2.45) is 0 Å². The second-order valence-corrected chi connectivity index (χ2v) is 6.05. The number of aliphatic hydroxyl groups excluding tert-OH is 1. The Bertz CT molecular complexity index is 923. The summed E-state index contributed by atoms with van der Waals surface area (Å²) < 4.78 is 8.15. The van der Waals surface area contributed by atoms with Crippen molar-refractivity contribution in [1.29, 1.82) is 0 Å². The minimum atomic E-state index is -0.0389. The summed E-state index contributed by atoms with van der Waals surface area (Å²) in [7, 11) is 0. The van der Waals surface area contributed by atoms with E-state index in [1.54, 1.807) is 28.3 Å². The molecule has 6 nitrogen and oxygen atoms in total. The zero-order chi connectivity index (χ0) is 15.8. The summed E-state index contributed by atoms with van der Waals surface area (Å²) in [6.07, 6.45) is 1.60. The van der Waals surface area contributed by atoms with E-state index in [1.807, 2.05) is 30.3 Å². The lowest BCUT2D eigenvalue weighted by Gasteiger charge is -2.00. The molecule has 0 saturated carbocycles. The van der Waals surface area contributed by atoms with E-state index in [0.29, 0.717) is 23.8 Å². The van der Waals surface area contributed by atoms with Crippen LogP contribution in [0.15, 0.2) is 47.1 Å². The normalized spacial score (nSPS) is 11.3. The van der Waals surface area contributed by atoms with Crippen molar-refractivity contribution in [2.75, 3.05) is 12.3 Å². The van der Waals surface area contributed by atoms with E-state index in [2.05, 4.69) is 10.1 Å². The average Bonchev–Trinajstić information content (AvgIpc) is 3.26. The van der Waals surface area contributed by atoms with Crippen LogP contribution in [0.2, 0.25) is 0 Å². The summed E-state index contributed by atoms with van der Waals surface area (Å²) in [5.41, 5.74) is 8.57. The SMILES string of the molecule is Nc1c(-c2nc3ccccc3s2)c(-c2ccco2)nn1CCO. The van der Waals surface area contributed by atoms with Crippen LogP contribution in [-0.2, 0) is 6.54 Å². The number of nitrogens with two attached hydrogens (primary N) is 1. The van der Waals surface area contributed by atoms with Crippen LogP contribution in [0.3, 0.4) is 0 Å². The summed E-state index contributed by atoms with van der Waals surface area (Å²) in [6.45, 7) is 0.285. The standard InChI is InChI=1S/C16H14N4O2S/c17-15-13(16-18-10-4-1-2-6-12(10)23-16)14(11-5-3-9-22-11)19-20(15)7-8-21/h1-6,9,21H,7-8,17H2. The van der Waals surface area contributed by atoms with Gasteiger partial charge in [0.1, 0.15) is 16.5 Å². The number of hydrogen-bond acceptors (Lipinski definition) is 6. The molecule has 0 amide bonds. The van der Waals surface area contributed by atoms with Gasteiger partial charge in [0, 0.05) is 0 Å². The highest BCUT2D eigenvalue weighted by Crippen LogP contribution is 2.40. The predicted molar refractivity (Wildman–Crippen MR) is 90.0 cm³/mol. The van der Waals surface area contributed by atoms with Crippen molar-refractivity contribution in [1.82, 2.24) is 14.8 Å². The van der Waals surface area contributed by atoms with Gasteiger partial charge >= 0.3 is 0 Å². The molecule has 0 bridgehead atoms. The summed E-state index contributed by atoms with van der Waals surface area (Å²) >= 11 is 1.56. The maximum atomic E-state index is 9.21. The van der Waals surface area contributed by atoms with Gasteiger partial charge in [-0.15, -0.1) is 11.3 Å². The monoisotopic (exact) mass is 326 g/mol. The van der Waals surface area contributed by atoms with E-state index in [1.165, 1.54) is 0 Å². The van der Waals surface area contributed by atoms with Crippen LogP contribution in [0, 0.1) is 0 Å². The molecule has 0 atom stereocenters. The Balaban J connectivity index is 1.95. The fourth-order valence-corrected chi connectivity index (χ4v) is 3.54. The molecule has 7 heteroatoms. The third-order valence-electron chi connectivity index (χ3n) is 3.57. The number of furan rings is 1. The number of aromatic nitrogens is 3. The number of benzene rings is 1. The second-order valence-electron chi connectivity index (χ2n) is 5.02. The molecular formula is C16H14N4O2S. The first-order chi connectivity index (χ1) is 11.3. The minimum absolute atomic E-state index is 0.0389. The lowest BCUT2D eigenvalue weighted by atomic mass is 10.2. The first-order valence-corrected chi connectivity index (χ1v) is 7.96. The smallest absolute Gasteiger partial charge is 0.154 e. The topological polar surface area (TPSA) is 90.1 Å². The van der Waals surface area contributed by atoms with Gasteiger partial charge in [-0.3, -0.25) is 0 Å². The fraction of sp³-hybridized carbons (Fsp3) is 0.125. The molecule has 4 rings (SSSR count). The zero-order valence-electron chi connectivity index (χ0n) is 12.1. The van der Waals surface area contributed by atoms with E-state index in [4.69, 9.17) is 10.2 Å². The van der Waals surface area contributed by atoms with Crippen LogP contribution < -0.4 is 5.73 Å². The van der Waals surface area contributed by atoms with E-state index in [0.717, 1.165) is 20.8 Å². The quantitative estimate of drug-likeness (QED) is 0.601. The number of rotatable bonds is 4. The number of nitrogens with zero attached hydrogens (tertiary/aromatic N) is 3. The maximum Gasteiger partial charge on any atom is 0.154 e. The molecular weight excluding hydrogens is 312 g/mol. The number of hydrogen-bond donors (Lipinski definition) is 2. The van der Waals surface area contributed by atoms with Crippen molar-refractivity contribution in [3.63, 3.8) is 0 Å². The summed E-state index contributed by atoms with van der Waals surface area (Å²) in [4.78, 5) is 4.67. The molecule has 0 fully saturated rings. The first-order valence-electron chi connectivity index (χ1n) is 7.15. The van der Waals surface area contributed by atoms with Crippen molar-refractivity contribution in [3.8, 4) is 22.0 Å². The lowest BCUT2D eigenvalue weighted by molar-refractivity contribution is 0.270. The Morgan fingerprint density at radius 2 is 2.09 bits per heavy atom. The molecule has 0 aliphatic rings. The summed E-state index contributed by atoms with van der Waals surface area (Å²) in [5.74, 6) is 1.10. The third-order valence-corrected chi connectivity index (χ3v) is 4.62. The fourth-order valence-electron chi connectivity index (χ4n) is 2.52. The van der Waals surface area contributed by atoms with Gasteiger partial charge in [0.2, 0.25) is 0 Å². The summed E-state index contributed by atoms with van der Waals surface area (Å²) in [6, 6.07) is 11.6. The van der Waals surface area contributed by atoms with Crippen LogP contribution in [0.4, 0.5) is 5.82 Å². The zero-order valence-corrected chi connectivity index (χ0v) is 13.0. The molecule has 0 radical (unpaired) electrons. The van der Waals surface area contributed by atoms with Gasteiger partial charge in [0.15, 0.2) is 5.76 Å². The van der Waals surface area contributed by atoms with Crippen molar-refractivity contribution >= 4 is 27.4 Å². The van der Waals surface area contributed by atoms with Crippen LogP contribution in [0.5, 0.6) is 0 Å². The molecule has 0 aliphatic heterocycles. The second kappa shape index (κ2) is 5.53. The Labute approximate surface area is 135 Å². The van der Waals surface area contributed by atoms with Crippen LogP contribution in [0.1, 0.15) is 0 Å². The molecule has 3 heterocycles. The molecule has 0 unspecified atom stereocenters. The van der Waals surface area contributed by atoms with Crippen LogP contribution in [-0.4, -0.2) is 26.5 Å². The number of thiazole rings is 1. The Kier molecular flexibility index (Phi) is 3.36. The molecule has 0 aliphatic carbocycles. The highest BCUT2D eigenvalue weighted by Gasteiger charge is 2.23. The molecule has 4 aromatic rings. The van der Waals surface area contributed by atoms with E-state index < -0.39 is 0 Å². The molecule has 3 aromatic heterocycles. The van der Waals surface area contributed by atoms with E-state index >= 15 is 0 Å². The highest BCUT2D eigenvalue weighted by molar-refractivity contribution is 7.21. The molecule has 1 aromatic carbocycles. The van der Waals surface area contributed by atoms with Gasteiger partial charge in [-0.2, -0.15) is 5.10 Å². The summed E-state index contributed by atoms with van der Waals surface area (Å²) in [5, 5.41) is 14.5. The van der Waals surface area contributed by atoms with Gasteiger partial charge in [-0.1, -0.05) is 12.1 Å². The van der Waals surface area contributed by atoms with Crippen LogP contribution in [0.25, 0.3) is 32.2 Å². The minimum Gasteiger partial charge on any atom is -0.463 e. The third kappa shape index (κ3) is 2.30. The van der Waals surface area contributed by atoms with Gasteiger partial charge in [-0.05, 0) is 24.3 Å².